The molecule has 1 aromatic rings. The van der Waals surface area contributed by atoms with Gasteiger partial charge in [0.05, 0.1) is 15.9 Å². The Morgan fingerprint density at radius 3 is 2.69 bits per heavy atom. The zero-order valence-electron chi connectivity index (χ0n) is 8.91. The van der Waals surface area contributed by atoms with Crippen LogP contribution in [0.3, 0.4) is 0 Å². The topological polar surface area (TPSA) is 26.3 Å². The molecule has 66 valence electrons. The van der Waals surface area contributed by atoms with Crippen molar-refractivity contribution in [3.63, 3.8) is 0 Å². The Hall–Kier alpha value is 0.756. The second-order valence-corrected chi connectivity index (χ2v) is 2.83. The van der Waals surface area contributed by atoms with Crippen molar-refractivity contribution in [2.24, 2.45) is 0 Å². The molecule has 13 heavy (non-hydrogen) atoms. The summed E-state index contributed by atoms with van der Waals surface area (Å²) in [6.45, 7) is 1.98. The molecule has 4 heteroatoms. The molecular weight excluding hydrogens is 210 g/mol. The van der Waals surface area contributed by atoms with Gasteiger partial charge in [-0.2, -0.15) is 0 Å². The maximum atomic E-state index is 10.9. The van der Waals surface area contributed by atoms with Crippen molar-refractivity contribution in [3.8, 4) is 0 Å². The average Bonchev–Trinajstić information content (AvgIpc) is 2.09. The summed E-state index contributed by atoms with van der Waals surface area (Å²) >= 11 is 0. The van der Waals surface area contributed by atoms with Gasteiger partial charge in [0.2, 0.25) is 0 Å². The normalized spacial score (nSPS) is 8.77. The molecule has 0 heterocycles. The van der Waals surface area contributed by atoms with E-state index in [0.29, 0.717) is 6.42 Å². The Kier molecular flexibility index (Phi) is 7.51. The van der Waals surface area contributed by atoms with E-state index < -0.39 is 0 Å². The van der Waals surface area contributed by atoms with Crippen LogP contribution in [0.2, 0.25) is 0 Å². The first-order valence-electron chi connectivity index (χ1n) is 3.68. The molecule has 0 N–H and O–H groups in total. The Bertz CT molecular complexity index is 294. The minimum Gasteiger partial charge on any atom is -1.00 e. The van der Waals surface area contributed by atoms with E-state index in [1.54, 1.807) is 0 Å². The predicted molar refractivity (Wildman–Crippen MR) is 51.8 cm³/mol. The van der Waals surface area contributed by atoms with Gasteiger partial charge in [-0.1, -0.05) is 24.3 Å². The molecule has 0 saturated heterocycles. The van der Waals surface area contributed by atoms with E-state index in [0.717, 1.165) is 11.1 Å². The third-order valence-corrected chi connectivity index (χ3v) is 1.99. The van der Waals surface area contributed by atoms with E-state index in [9.17, 15) is 4.79 Å². The third-order valence-electron chi connectivity index (χ3n) is 1.73. The molecule has 1 rings (SSSR count). The maximum absolute atomic E-state index is 10.9. The molecule has 2 nitrogen and oxygen atoms in total. The number of hydrogen-bond donors (Lipinski definition) is 0. The summed E-state index contributed by atoms with van der Waals surface area (Å²) in [4.78, 5) is 10.9. The van der Waals surface area contributed by atoms with Gasteiger partial charge in [-0.05, 0) is 18.1 Å². The van der Waals surface area contributed by atoms with Crippen molar-refractivity contribution in [1.82, 2.24) is 0 Å². The standard InChI is InChI=1S/C9H11O2P.K.H/c1-7-4-2-3-5-8(7)6-9(10)11-12;;/h2-5H,6,12H2,1H3;;/q;+1;-1. The molecule has 0 radical (unpaired) electrons. The molecule has 0 aliphatic carbocycles. The average molecular weight is 222 g/mol. The molecule has 0 aliphatic heterocycles. The maximum Gasteiger partial charge on any atom is 1.00 e. The number of carbonyl (C=O) groups is 1. The molecule has 1 unspecified atom stereocenters. The van der Waals surface area contributed by atoms with E-state index in [1.165, 1.54) is 0 Å². The second-order valence-electron chi connectivity index (χ2n) is 2.59. The van der Waals surface area contributed by atoms with Crippen LogP contribution in [-0.4, -0.2) is 5.97 Å². The molecule has 0 aromatic heterocycles. The van der Waals surface area contributed by atoms with Gasteiger partial charge in [-0.25, -0.2) is 0 Å². The number of carbonyl (C=O) groups excluding carboxylic acids is 1. The van der Waals surface area contributed by atoms with Crippen LogP contribution < -0.4 is 51.4 Å². The zero-order chi connectivity index (χ0) is 8.97. The van der Waals surface area contributed by atoms with Gasteiger partial charge in [0.1, 0.15) is 0 Å². The van der Waals surface area contributed by atoms with Gasteiger partial charge in [-0.3, -0.25) is 4.79 Å². The second kappa shape index (κ2) is 7.10. The first-order valence-corrected chi connectivity index (χ1v) is 4.15. The summed E-state index contributed by atoms with van der Waals surface area (Å²) in [5, 5.41) is 0. The minimum atomic E-state index is -0.227. The van der Waals surface area contributed by atoms with Crippen LogP contribution in [0.5, 0.6) is 0 Å². The van der Waals surface area contributed by atoms with Crippen molar-refractivity contribution in [2.75, 3.05) is 0 Å². The fourth-order valence-electron chi connectivity index (χ4n) is 1.01. The predicted octanol–water partition coefficient (Wildman–Crippen LogP) is -1.01. The van der Waals surface area contributed by atoms with Crippen LogP contribution >= 0.6 is 9.47 Å². The Labute approximate surface area is 125 Å². The fraction of sp³-hybridized carbons (Fsp3) is 0.222. The quantitative estimate of drug-likeness (QED) is 0.473. The molecule has 1 atom stereocenters. The monoisotopic (exact) mass is 222 g/mol. The summed E-state index contributed by atoms with van der Waals surface area (Å²) < 4.78 is 4.49. The van der Waals surface area contributed by atoms with E-state index in [1.807, 2.05) is 40.7 Å². The van der Waals surface area contributed by atoms with Gasteiger partial charge in [0, 0.05) is 0 Å². The van der Waals surface area contributed by atoms with Crippen molar-refractivity contribution < 1.29 is 62.1 Å². The largest absolute Gasteiger partial charge is 1.00 e. The van der Waals surface area contributed by atoms with E-state index in [4.69, 9.17) is 0 Å². The summed E-state index contributed by atoms with van der Waals surface area (Å²) in [6, 6.07) is 7.77. The van der Waals surface area contributed by atoms with Crippen LogP contribution in [0.25, 0.3) is 0 Å². The number of hydrogen-bond acceptors (Lipinski definition) is 2. The molecule has 0 bridgehead atoms. The van der Waals surface area contributed by atoms with E-state index >= 15 is 0 Å². The van der Waals surface area contributed by atoms with Gasteiger partial charge in [-0.15, -0.1) is 0 Å². The SMILES string of the molecule is Cc1ccccc1CC(=O)OP.[H-].[K+]. The molecule has 0 saturated carbocycles. The van der Waals surface area contributed by atoms with E-state index in [2.05, 4.69) is 4.52 Å². The fourth-order valence-corrected chi connectivity index (χ4v) is 1.09. The molecule has 0 spiro atoms. The van der Waals surface area contributed by atoms with Crippen LogP contribution in [0, 0.1) is 6.92 Å². The Balaban J connectivity index is 0. The van der Waals surface area contributed by atoms with Crippen LogP contribution in [-0.2, 0) is 15.7 Å². The van der Waals surface area contributed by atoms with Crippen molar-refractivity contribution in [2.45, 2.75) is 13.3 Å². The summed E-state index contributed by atoms with van der Waals surface area (Å²) in [7, 11) is 1.96. The van der Waals surface area contributed by atoms with Gasteiger partial charge >= 0.3 is 57.4 Å². The molecule has 0 aliphatic rings. The van der Waals surface area contributed by atoms with Crippen molar-refractivity contribution in [1.29, 1.82) is 0 Å². The first-order chi connectivity index (χ1) is 5.74. The minimum absolute atomic E-state index is 0. The Morgan fingerprint density at radius 1 is 1.54 bits per heavy atom. The molecular formula is C9H12KO2P. The van der Waals surface area contributed by atoms with Crippen LogP contribution in [0.15, 0.2) is 24.3 Å². The molecule has 0 amide bonds. The van der Waals surface area contributed by atoms with Crippen molar-refractivity contribution >= 4 is 15.4 Å². The van der Waals surface area contributed by atoms with Crippen molar-refractivity contribution in [3.05, 3.63) is 35.4 Å². The van der Waals surface area contributed by atoms with Gasteiger partial charge < -0.3 is 5.95 Å². The smallest absolute Gasteiger partial charge is 1.00 e. The van der Waals surface area contributed by atoms with E-state index in [-0.39, 0.29) is 58.8 Å². The van der Waals surface area contributed by atoms with Crippen LogP contribution in [0.1, 0.15) is 12.6 Å². The zero-order valence-corrected chi connectivity index (χ0v) is 12.2. The number of rotatable bonds is 2. The Morgan fingerprint density at radius 2 is 2.15 bits per heavy atom. The number of benzene rings is 1. The number of aryl methyl sites for hydroxylation is 1. The van der Waals surface area contributed by atoms with Crippen LogP contribution in [0.4, 0.5) is 0 Å². The summed E-state index contributed by atoms with van der Waals surface area (Å²) in [5.74, 6) is -0.227. The summed E-state index contributed by atoms with van der Waals surface area (Å²) in [5.41, 5.74) is 2.14. The molecule has 0 fully saturated rings. The van der Waals surface area contributed by atoms with Gasteiger partial charge in [0.15, 0.2) is 0 Å². The third kappa shape index (κ3) is 4.68. The van der Waals surface area contributed by atoms with Gasteiger partial charge in [0.25, 0.3) is 0 Å². The first kappa shape index (κ1) is 13.8. The summed E-state index contributed by atoms with van der Waals surface area (Å²) in [6.07, 6.45) is 0.343. The molecule has 1 aromatic carbocycles.